The van der Waals surface area contributed by atoms with Crippen LogP contribution in [0.1, 0.15) is 17.7 Å². The molecule has 1 saturated heterocycles. The summed E-state index contributed by atoms with van der Waals surface area (Å²) in [5.41, 5.74) is 0. The highest BCUT2D eigenvalue weighted by molar-refractivity contribution is 7.10. The maximum atomic E-state index is 12.6. The molecule has 1 atom stereocenters. The van der Waals surface area contributed by atoms with Gasteiger partial charge >= 0.3 is 0 Å². The van der Waals surface area contributed by atoms with Crippen LogP contribution in [0.5, 0.6) is 0 Å². The SMILES string of the molecule is Cn1ccc(N2CCC[C@H](NCc3cc(Cl)cs3)C2=O)n1. The van der Waals surface area contributed by atoms with E-state index in [4.69, 9.17) is 11.6 Å². The summed E-state index contributed by atoms with van der Waals surface area (Å²) in [6.07, 6.45) is 3.69. The van der Waals surface area contributed by atoms with E-state index in [1.165, 1.54) is 0 Å². The number of amides is 1. The van der Waals surface area contributed by atoms with E-state index in [1.807, 2.05) is 30.8 Å². The van der Waals surface area contributed by atoms with Crippen molar-refractivity contribution in [3.63, 3.8) is 0 Å². The topological polar surface area (TPSA) is 50.2 Å². The molecule has 2 aromatic heterocycles. The van der Waals surface area contributed by atoms with Gasteiger partial charge in [-0.05, 0) is 18.9 Å². The number of carbonyl (C=O) groups is 1. The van der Waals surface area contributed by atoms with Gasteiger partial charge in [-0.25, -0.2) is 0 Å². The Labute approximate surface area is 132 Å². The summed E-state index contributed by atoms with van der Waals surface area (Å²) in [6.45, 7) is 1.41. The van der Waals surface area contributed by atoms with Crippen LogP contribution < -0.4 is 10.2 Å². The summed E-state index contributed by atoms with van der Waals surface area (Å²) in [6, 6.07) is 3.66. The lowest BCUT2D eigenvalue weighted by Crippen LogP contribution is -2.50. The molecule has 1 amide bonds. The monoisotopic (exact) mass is 324 g/mol. The molecule has 0 spiro atoms. The van der Waals surface area contributed by atoms with Gasteiger partial charge in [-0.1, -0.05) is 11.6 Å². The Balaban J connectivity index is 1.64. The lowest BCUT2D eigenvalue weighted by Gasteiger charge is -2.31. The standard InChI is InChI=1S/C14H17ClN4OS/c1-18-6-4-13(17-18)19-5-2-3-12(14(19)20)16-8-11-7-10(15)9-21-11/h4,6-7,9,12,16H,2-3,5,8H2,1H3/t12-/m0/s1. The lowest BCUT2D eigenvalue weighted by molar-refractivity contribution is -0.121. The largest absolute Gasteiger partial charge is 0.301 e. The molecule has 3 heterocycles. The zero-order chi connectivity index (χ0) is 14.8. The van der Waals surface area contributed by atoms with E-state index >= 15 is 0 Å². The lowest BCUT2D eigenvalue weighted by atomic mass is 10.0. The molecular weight excluding hydrogens is 308 g/mol. The molecule has 1 aliphatic heterocycles. The third-order valence-corrected chi connectivity index (χ3v) is 4.84. The second kappa shape index (κ2) is 6.17. The number of hydrogen-bond acceptors (Lipinski definition) is 4. The number of anilines is 1. The van der Waals surface area contributed by atoms with Crippen molar-refractivity contribution in [2.45, 2.75) is 25.4 Å². The molecule has 1 aliphatic rings. The van der Waals surface area contributed by atoms with Crippen LogP contribution in [0.3, 0.4) is 0 Å². The van der Waals surface area contributed by atoms with Crippen molar-refractivity contribution < 1.29 is 4.79 Å². The third kappa shape index (κ3) is 3.28. The van der Waals surface area contributed by atoms with Crippen molar-refractivity contribution in [2.24, 2.45) is 7.05 Å². The van der Waals surface area contributed by atoms with Crippen LogP contribution >= 0.6 is 22.9 Å². The minimum atomic E-state index is -0.151. The van der Waals surface area contributed by atoms with E-state index in [9.17, 15) is 4.79 Å². The van der Waals surface area contributed by atoms with Gasteiger partial charge in [-0.3, -0.25) is 14.4 Å². The van der Waals surface area contributed by atoms with Crippen LogP contribution in [0.4, 0.5) is 5.82 Å². The van der Waals surface area contributed by atoms with Crippen LogP contribution in [0.15, 0.2) is 23.7 Å². The average molecular weight is 325 g/mol. The van der Waals surface area contributed by atoms with E-state index in [0.717, 1.165) is 35.1 Å². The number of aryl methyl sites for hydroxylation is 1. The van der Waals surface area contributed by atoms with Gasteiger partial charge in [0.05, 0.1) is 11.1 Å². The van der Waals surface area contributed by atoms with Gasteiger partial charge in [0.25, 0.3) is 0 Å². The van der Waals surface area contributed by atoms with Gasteiger partial charge in [0.2, 0.25) is 5.91 Å². The summed E-state index contributed by atoms with van der Waals surface area (Å²) in [5.74, 6) is 0.829. The van der Waals surface area contributed by atoms with Gasteiger partial charge in [0.15, 0.2) is 5.82 Å². The summed E-state index contributed by atoms with van der Waals surface area (Å²) in [5, 5.41) is 10.3. The third-order valence-electron chi connectivity index (χ3n) is 3.56. The number of nitrogens with zero attached hydrogens (tertiary/aromatic N) is 3. The van der Waals surface area contributed by atoms with Crippen molar-refractivity contribution >= 4 is 34.7 Å². The number of piperidine rings is 1. The number of thiophene rings is 1. The van der Waals surface area contributed by atoms with E-state index in [0.29, 0.717) is 6.54 Å². The Morgan fingerprint density at radius 1 is 1.57 bits per heavy atom. The number of carbonyl (C=O) groups excluding carboxylic acids is 1. The van der Waals surface area contributed by atoms with Crippen molar-refractivity contribution in [1.29, 1.82) is 0 Å². The molecule has 0 aliphatic carbocycles. The summed E-state index contributed by atoms with van der Waals surface area (Å²) < 4.78 is 1.72. The quantitative estimate of drug-likeness (QED) is 0.939. The Bertz CT molecular complexity index is 638. The fourth-order valence-corrected chi connectivity index (χ4v) is 3.53. The summed E-state index contributed by atoms with van der Waals surface area (Å²) >= 11 is 7.52. The predicted octanol–water partition coefficient (Wildman–Crippen LogP) is 2.42. The highest BCUT2D eigenvalue weighted by atomic mass is 35.5. The molecule has 2 aromatic rings. The van der Waals surface area contributed by atoms with E-state index < -0.39 is 0 Å². The maximum Gasteiger partial charge on any atom is 0.245 e. The van der Waals surface area contributed by atoms with E-state index in [-0.39, 0.29) is 11.9 Å². The molecule has 0 radical (unpaired) electrons. The Kier molecular flexibility index (Phi) is 4.28. The van der Waals surface area contributed by atoms with Crippen molar-refractivity contribution in [1.82, 2.24) is 15.1 Å². The molecule has 0 saturated carbocycles. The molecular formula is C14H17ClN4OS. The smallest absolute Gasteiger partial charge is 0.245 e. The first-order chi connectivity index (χ1) is 10.1. The predicted molar refractivity (Wildman–Crippen MR) is 84.8 cm³/mol. The molecule has 112 valence electrons. The zero-order valence-electron chi connectivity index (χ0n) is 11.8. The fourth-order valence-electron chi connectivity index (χ4n) is 2.51. The van der Waals surface area contributed by atoms with Gasteiger partial charge < -0.3 is 5.32 Å². The van der Waals surface area contributed by atoms with Crippen LogP contribution in [0.25, 0.3) is 0 Å². The molecule has 1 fully saturated rings. The van der Waals surface area contributed by atoms with Crippen LogP contribution in [-0.2, 0) is 18.4 Å². The normalized spacial score (nSPS) is 19.2. The first-order valence-corrected chi connectivity index (χ1v) is 8.16. The van der Waals surface area contributed by atoms with Crippen LogP contribution in [0, 0.1) is 0 Å². The minimum absolute atomic E-state index is 0.0996. The van der Waals surface area contributed by atoms with Gasteiger partial charge in [-0.2, -0.15) is 5.10 Å². The number of halogens is 1. The molecule has 3 rings (SSSR count). The van der Waals surface area contributed by atoms with Crippen molar-refractivity contribution in [2.75, 3.05) is 11.4 Å². The Morgan fingerprint density at radius 2 is 2.43 bits per heavy atom. The maximum absolute atomic E-state index is 12.6. The van der Waals surface area contributed by atoms with Crippen molar-refractivity contribution in [3.05, 3.63) is 33.6 Å². The van der Waals surface area contributed by atoms with E-state index in [1.54, 1.807) is 20.9 Å². The first kappa shape index (κ1) is 14.6. The Morgan fingerprint density at radius 3 is 3.10 bits per heavy atom. The molecule has 5 nitrogen and oxygen atoms in total. The molecule has 0 aromatic carbocycles. The fraction of sp³-hybridized carbons (Fsp3) is 0.429. The zero-order valence-corrected chi connectivity index (χ0v) is 13.3. The highest BCUT2D eigenvalue weighted by Gasteiger charge is 2.30. The summed E-state index contributed by atoms with van der Waals surface area (Å²) in [7, 11) is 1.86. The average Bonchev–Trinajstić information content (AvgIpc) is 3.06. The second-order valence-electron chi connectivity index (χ2n) is 5.14. The number of rotatable bonds is 4. The molecule has 0 bridgehead atoms. The van der Waals surface area contributed by atoms with Crippen LogP contribution in [-0.4, -0.2) is 28.3 Å². The highest BCUT2D eigenvalue weighted by Crippen LogP contribution is 2.21. The number of aromatic nitrogens is 2. The molecule has 21 heavy (non-hydrogen) atoms. The van der Waals surface area contributed by atoms with Crippen molar-refractivity contribution in [3.8, 4) is 0 Å². The summed E-state index contributed by atoms with van der Waals surface area (Å²) in [4.78, 5) is 15.5. The van der Waals surface area contributed by atoms with E-state index in [2.05, 4.69) is 10.4 Å². The Hall–Kier alpha value is -1.37. The number of hydrogen-bond donors (Lipinski definition) is 1. The van der Waals surface area contributed by atoms with Gasteiger partial charge in [0.1, 0.15) is 0 Å². The molecule has 0 unspecified atom stereocenters. The molecule has 1 N–H and O–H groups in total. The number of nitrogens with one attached hydrogen (secondary N) is 1. The first-order valence-electron chi connectivity index (χ1n) is 6.91. The minimum Gasteiger partial charge on any atom is -0.301 e. The molecule has 7 heteroatoms. The van der Waals surface area contributed by atoms with Crippen LogP contribution in [0.2, 0.25) is 5.02 Å². The van der Waals surface area contributed by atoms with Gasteiger partial charge in [0, 0.05) is 42.7 Å². The van der Waals surface area contributed by atoms with Gasteiger partial charge in [-0.15, -0.1) is 11.3 Å². The second-order valence-corrected chi connectivity index (χ2v) is 6.58.